The third-order valence-corrected chi connectivity index (χ3v) is 2.53. The molecule has 2 aromatic rings. The fourth-order valence-corrected chi connectivity index (χ4v) is 1.48. The lowest BCUT2D eigenvalue weighted by Crippen LogP contribution is -1.97. The Morgan fingerprint density at radius 2 is 1.74 bits per heavy atom. The van der Waals surface area contributed by atoms with Gasteiger partial charge in [-0.1, -0.05) is 35.5 Å². The van der Waals surface area contributed by atoms with E-state index in [0.29, 0.717) is 5.75 Å². The minimum atomic E-state index is -0.456. The Bertz CT molecular complexity index is 592. The van der Waals surface area contributed by atoms with E-state index in [2.05, 4.69) is 5.16 Å². The van der Waals surface area contributed by atoms with Crippen molar-refractivity contribution in [3.8, 4) is 5.75 Å². The van der Waals surface area contributed by atoms with E-state index < -0.39 is 4.92 Å². The molecule has 0 saturated carbocycles. The molecular weight excluding hydrogens is 244 g/mol. The summed E-state index contributed by atoms with van der Waals surface area (Å²) in [4.78, 5) is 15.3. The second-order valence-corrected chi connectivity index (χ2v) is 3.89. The zero-order valence-electron chi connectivity index (χ0n) is 10.3. The van der Waals surface area contributed by atoms with Gasteiger partial charge in [0, 0.05) is 12.1 Å². The van der Waals surface area contributed by atoms with Crippen LogP contribution in [0.1, 0.15) is 12.5 Å². The van der Waals surface area contributed by atoms with E-state index in [1.807, 2.05) is 37.3 Å². The first-order valence-corrected chi connectivity index (χ1v) is 5.68. The average molecular weight is 256 g/mol. The monoisotopic (exact) mass is 256 g/mol. The highest BCUT2D eigenvalue weighted by molar-refractivity contribution is 5.98. The van der Waals surface area contributed by atoms with Crippen LogP contribution in [0, 0.1) is 10.1 Å². The summed E-state index contributed by atoms with van der Waals surface area (Å²) in [6, 6.07) is 15.4. The molecule has 2 aromatic carbocycles. The normalized spacial score (nSPS) is 11.1. The van der Waals surface area contributed by atoms with Crippen LogP contribution in [0.5, 0.6) is 5.75 Å². The van der Waals surface area contributed by atoms with Crippen LogP contribution < -0.4 is 4.84 Å². The van der Waals surface area contributed by atoms with Crippen molar-refractivity contribution in [2.45, 2.75) is 6.92 Å². The molecule has 5 heteroatoms. The number of hydrogen-bond acceptors (Lipinski definition) is 4. The lowest BCUT2D eigenvalue weighted by atomic mass is 10.1. The molecule has 0 aliphatic rings. The maximum absolute atomic E-state index is 10.5. The lowest BCUT2D eigenvalue weighted by Gasteiger charge is -2.01. The summed E-state index contributed by atoms with van der Waals surface area (Å²) >= 11 is 0. The molecule has 0 amide bonds. The highest BCUT2D eigenvalue weighted by Crippen LogP contribution is 2.17. The van der Waals surface area contributed by atoms with Crippen LogP contribution in [0.25, 0.3) is 0 Å². The molecule has 0 spiro atoms. The highest BCUT2D eigenvalue weighted by atomic mass is 16.6. The molecule has 0 atom stereocenters. The summed E-state index contributed by atoms with van der Waals surface area (Å²) in [6.07, 6.45) is 0. The maximum Gasteiger partial charge on any atom is 0.269 e. The van der Waals surface area contributed by atoms with Crippen LogP contribution >= 0.6 is 0 Å². The van der Waals surface area contributed by atoms with Gasteiger partial charge in [0.05, 0.1) is 10.6 Å². The molecule has 0 unspecified atom stereocenters. The van der Waals surface area contributed by atoms with Gasteiger partial charge in [0.2, 0.25) is 0 Å². The van der Waals surface area contributed by atoms with Gasteiger partial charge in [-0.25, -0.2) is 0 Å². The van der Waals surface area contributed by atoms with E-state index in [4.69, 9.17) is 4.84 Å². The van der Waals surface area contributed by atoms with E-state index in [9.17, 15) is 10.1 Å². The Morgan fingerprint density at radius 3 is 2.32 bits per heavy atom. The van der Waals surface area contributed by atoms with Gasteiger partial charge in [-0.3, -0.25) is 10.1 Å². The minimum Gasteiger partial charge on any atom is -0.357 e. The molecule has 19 heavy (non-hydrogen) atoms. The summed E-state index contributed by atoms with van der Waals surface area (Å²) < 4.78 is 0. The summed E-state index contributed by atoms with van der Waals surface area (Å²) in [5.74, 6) is 0.459. The Balaban J connectivity index is 2.08. The smallest absolute Gasteiger partial charge is 0.269 e. The van der Waals surface area contributed by atoms with Crippen molar-refractivity contribution in [1.82, 2.24) is 0 Å². The van der Waals surface area contributed by atoms with Gasteiger partial charge in [0.1, 0.15) is 0 Å². The van der Waals surface area contributed by atoms with E-state index in [-0.39, 0.29) is 5.69 Å². The summed E-state index contributed by atoms with van der Waals surface area (Å²) in [5.41, 5.74) is 1.72. The van der Waals surface area contributed by atoms with E-state index >= 15 is 0 Å². The first kappa shape index (κ1) is 12.8. The molecule has 96 valence electrons. The molecule has 0 aromatic heterocycles. The van der Waals surface area contributed by atoms with Crippen LogP contribution in [0.2, 0.25) is 0 Å². The zero-order valence-corrected chi connectivity index (χ0v) is 10.3. The van der Waals surface area contributed by atoms with E-state index in [1.165, 1.54) is 24.3 Å². The van der Waals surface area contributed by atoms with E-state index in [1.54, 1.807) is 0 Å². The topological polar surface area (TPSA) is 64.7 Å². The van der Waals surface area contributed by atoms with Crippen molar-refractivity contribution < 1.29 is 9.76 Å². The molecule has 5 nitrogen and oxygen atoms in total. The van der Waals surface area contributed by atoms with Crippen molar-refractivity contribution in [3.05, 3.63) is 70.3 Å². The SMILES string of the molecule is C/C(=N/Oc1ccc([N+](=O)[O-])cc1)c1ccccc1. The zero-order chi connectivity index (χ0) is 13.7. The number of oxime groups is 1. The molecule has 0 radical (unpaired) electrons. The van der Waals surface area contributed by atoms with E-state index in [0.717, 1.165) is 11.3 Å². The van der Waals surface area contributed by atoms with Crippen LogP contribution in [0.3, 0.4) is 0 Å². The van der Waals surface area contributed by atoms with Gasteiger partial charge < -0.3 is 4.84 Å². The predicted molar refractivity (Wildman–Crippen MR) is 72.4 cm³/mol. The van der Waals surface area contributed by atoms with Gasteiger partial charge in [0.15, 0.2) is 5.75 Å². The van der Waals surface area contributed by atoms with Crippen molar-refractivity contribution in [2.24, 2.45) is 5.16 Å². The second-order valence-electron chi connectivity index (χ2n) is 3.89. The van der Waals surface area contributed by atoms with Gasteiger partial charge >= 0.3 is 0 Å². The fourth-order valence-electron chi connectivity index (χ4n) is 1.48. The first-order valence-electron chi connectivity index (χ1n) is 5.68. The fraction of sp³-hybridized carbons (Fsp3) is 0.0714. The Morgan fingerprint density at radius 1 is 1.11 bits per heavy atom. The minimum absolute atomic E-state index is 0.0242. The van der Waals surface area contributed by atoms with Crippen LogP contribution in [-0.2, 0) is 0 Å². The van der Waals surface area contributed by atoms with Gasteiger partial charge in [-0.2, -0.15) is 0 Å². The maximum atomic E-state index is 10.5. The number of rotatable bonds is 4. The molecule has 0 aliphatic carbocycles. The van der Waals surface area contributed by atoms with Gasteiger partial charge in [-0.05, 0) is 24.6 Å². The number of nitro groups is 1. The third-order valence-electron chi connectivity index (χ3n) is 2.53. The second kappa shape index (κ2) is 5.77. The van der Waals surface area contributed by atoms with Gasteiger partial charge in [0.25, 0.3) is 5.69 Å². The third kappa shape index (κ3) is 3.38. The van der Waals surface area contributed by atoms with Crippen LogP contribution in [-0.4, -0.2) is 10.6 Å². The molecule has 0 N–H and O–H groups in total. The molecule has 0 aliphatic heterocycles. The lowest BCUT2D eigenvalue weighted by molar-refractivity contribution is -0.384. The molecule has 0 heterocycles. The molecular formula is C14H12N2O3. The predicted octanol–water partition coefficient (Wildman–Crippen LogP) is 3.40. The van der Waals surface area contributed by atoms with Crippen molar-refractivity contribution in [2.75, 3.05) is 0 Å². The number of nitro benzene ring substituents is 1. The number of nitrogens with zero attached hydrogens (tertiary/aromatic N) is 2. The van der Waals surface area contributed by atoms with Crippen LogP contribution in [0.4, 0.5) is 5.69 Å². The standard InChI is InChI=1S/C14H12N2O3/c1-11(12-5-3-2-4-6-12)15-19-14-9-7-13(8-10-14)16(17)18/h2-10H,1H3/b15-11-. The first-order chi connectivity index (χ1) is 9.16. The van der Waals surface area contributed by atoms with Crippen molar-refractivity contribution in [1.29, 1.82) is 0 Å². The van der Waals surface area contributed by atoms with Gasteiger partial charge in [-0.15, -0.1) is 0 Å². The summed E-state index contributed by atoms with van der Waals surface area (Å²) in [7, 11) is 0. The molecule has 0 saturated heterocycles. The van der Waals surface area contributed by atoms with Crippen molar-refractivity contribution in [3.63, 3.8) is 0 Å². The number of non-ortho nitro benzene ring substituents is 1. The Labute approximate surface area is 110 Å². The average Bonchev–Trinajstić information content (AvgIpc) is 2.46. The summed E-state index contributed by atoms with van der Waals surface area (Å²) in [6.45, 7) is 1.83. The van der Waals surface area contributed by atoms with Crippen LogP contribution in [0.15, 0.2) is 59.8 Å². The Hall–Kier alpha value is -2.69. The number of benzene rings is 2. The molecule has 2 rings (SSSR count). The molecule has 0 fully saturated rings. The number of hydrogen-bond donors (Lipinski definition) is 0. The quantitative estimate of drug-likeness (QED) is 0.478. The van der Waals surface area contributed by atoms with Crippen molar-refractivity contribution >= 4 is 11.4 Å². The molecule has 0 bridgehead atoms. The largest absolute Gasteiger partial charge is 0.357 e. The Kier molecular flexibility index (Phi) is 3.87. The highest BCUT2D eigenvalue weighted by Gasteiger charge is 2.04. The summed E-state index contributed by atoms with van der Waals surface area (Å²) in [5, 5.41) is 14.5.